The van der Waals surface area contributed by atoms with Crippen LogP contribution in [0, 0.1) is 0 Å². The zero-order valence-electron chi connectivity index (χ0n) is 21.6. The highest BCUT2D eigenvalue weighted by Gasteiger charge is 2.47. The number of hydrogen-bond donors (Lipinski definition) is 1. The van der Waals surface area contributed by atoms with Gasteiger partial charge in [-0.2, -0.15) is 0 Å². The summed E-state index contributed by atoms with van der Waals surface area (Å²) in [5, 5.41) is 11.4. The van der Waals surface area contributed by atoms with Gasteiger partial charge in [0.05, 0.1) is 30.9 Å². The molecule has 0 bridgehead atoms. The van der Waals surface area contributed by atoms with Gasteiger partial charge in [0.1, 0.15) is 23.0 Å². The van der Waals surface area contributed by atoms with Crippen molar-refractivity contribution in [2.75, 3.05) is 12.0 Å². The molecule has 1 aliphatic rings. The SMILES string of the molecule is COc1ccc(N2C(=O)C(=O)/C(=C(\O)c3ccc(OC(C)C)cc3)C2c2cccc(OC(C)C)c2)cc1. The van der Waals surface area contributed by atoms with E-state index in [0.29, 0.717) is 34.1 Å². The number of methoxy groups -OCH3 is 1. The van der Waals surface area contributed by atoms with Crippen LogP contribution in [0.15, 0.2) is 78.4 Å². The summed E-state index contributed by atoms with van der Waals surface area (Å²) in [4.78, 5) is 28.2. The zero-order valence-corrected chi connectivity index (χ0v) is 21.6. The zero-order chi connectivity index (χ0) is 26.7. The van der Waals surface area contributed by atoms with Crippen molar-refractivity contribution in [2.24, 2.45) is 0 Å². The monoisotopic (exact) mass is 501 g/mol. The summed E-state index contributed by atoms with van der Waals surface area (Å²) in [6, 6.07) is 20.0. The summed E-state index contributed by atoms with van der Waals surface area (Å²) in [7, 11) is 1.55. The Hall–Kier alpha value is -4.26. The largest absolute Gasteiger partial charge is 0.507 e. The summed E-state index contributed by atoms with van der Waals surface area (Å²) >= 11 is 0. The number of amides is 1. The number of carbonyl (C=O) groups excluding carboxylic acids is 2. The molecule has 1 heterocycles. The first-order valence-corrected chi connectivity index (χ1v) is 12.2. The van der Waals surface area contributed by atoms with E-state index in [-0.39, 0.29) is 23.5 Å². The Morgan fingerprint density at radius 2 is 1.41 bits per heavy atom. The van der Waals surface area contributed by atoms with Gasteiger partial charge in [-0.3, -0.25) is 14.5 Å². The predicted molar refractivity (Wildman–Crippen MR) is 142 cm³/mol. The molecule has 1 amide bonds. The van der Waals surface area contributed by atoms with Gasteiger partial charge in [-0.25, -0.2) is 0 Å². The van der Waals surface area contributed by atoms with Gasteiger partial charge in [-0.05, 0) is 93.9 Å². The number of rotatable bonds is 8. The smallest absolute Gasteiger partial charge is 0.300 e. The predicted octanol–water partition coefficient (Wildman–Crippen LogP) is 5.90. The molecule has 1 unspecified atom stereocenters. The molecule has 1 fully saturated rings. The van der Waals surface area contributed by atoms with Crippen molar-refractivity contribution in [3.63, 3.8) is 0 Å². The van der Waals surface area contributed by atoms with Gasteiger partial charge in [-0.15, -0.1) is 0 Å². The molecule has 7 heteroatoms. The Labute approximate surface area is 216 Å². The number of anilines is 1. The van der Waals surface area contributed by atoms with Gasteiger partial charge < -0.3 is 19.3 Å². The van der Waals surface area contributed by atoms with Gasteiger partial charge in [0, 0.05) is 11.3 Å². The van der Waals surface area contributed by atoms with Crippen LogP contribution < -0.4 is 19.1 Å². The molecular weight excluding hydrogens is 470 g/mol. The molecule has 3 aromatic carbocycles. The Kier molecular flexibility index (Phi) is 7.53. The Morgan fingerprint density at radius 1 is 0.811 bits per heavy atom. The van der Waals surface area contributed by atoms with Gasteiger partial charge >= 0.3 is 0 Å². The Balaban J connectivity index is 1.86. The van der Waals surface area contributed by atoms with Gasteiger partial charge in [0.25, 0.3) is 11.7 Å². The molecule has 0 radical (unpaired) electrons. The van der Waals surface area contributed by atoms with Crippen LogP contribution in [0.5, 0.6) is 17.2 Å². The lowest BCUT2D eigenvalue weighted by Gasteiger charge is -2.26. The standard InChI is InChI=1S/C30H31NO6/c1-18(2)36-24-13-9-20(10-14-24)28(32)26-27(21-7-6-8-25(17-21)37-19(3)4)31(30(34)29(26)33)22-11-15-23(35-5)16-12-22/h6-19,27,32H,1-5H3/b28-26-. The summed E-state index contributed by atoms with van der Waals surface area (Å²) in [5.41, 5.74) is 1.54. The molecule has 0 aliphatic carbocycles. The Bertz CT molecular complexity index is 1310. The highest BCUT2D eigenvalue weighted by atomic mass is 16.5. The minimum absolute atomic E-state index is 0.0000398. The summed E-state index contributed by atoms with van der Waals surface area (Å²) in [6.45, 7) is 7.68. The van der Waals surface area contributed by atoms with Crippen molar-refractivity contribution in [1.29, 1.82) is 0 Å². The molecule has 192 valence electrons. The number of hydrogen-bond acceptors (Lipinski definition) is 6. The molecule has 0 saturated carbocycles. The van der Waals surface area contributed by atoms with E-state index in [9.17, 15) is 14.7 Å². The van der Waals surface area contributed by atoms with Crippen LogP contribution in [0.3, 0.4) is 0 Å². The van der Waals surface area contributed by atoms with Crippen molar-refractivity contribution >= 4 is 23.1 Å². The summed E-state index contributed by atoms with van der Waals surface area (Å²) < 4.78 is 16.8. The Morgan fingerprint density at radius 3 is 2.00 bits per heavy atom. The molecule has 3 aromatic rings. The fourth-order valence-corrected chi connectivity index (χ4v) is 4.31. The van der Waals surface area contributed by atoms with Crippen LogP contribution in [-0.4, -0.2) is 36.1 Å². The molecule has 1 atom stereocenters. The average molecular weight is 502 g/mol. The van der Waals surface area contributed by atoms with Crippen LogP contribution in [-0.2, 0) is 9.59 Å². The van der Waals surface area contributed by atoms with Crippen molar-refractivity contribution in [2.45, 2.75) is 45.9 Å². The molecule has 1 aliphatic heterocycles. The van der Waals surface area contributed by atoms with E-state index in [0.717, 1.165) is 0 Å². The number of nitrogens with zero attached hydrogens (tertiary/aromatic N) is 1. The number of aliphatic hydroxyl groups excluding tert-OH is 1. The van der Waals surface area contributed by atoms with Crippen LogP contribution in [0.4, 0.5) is 5.69 Å². The van der Waals surface area contributed by atoms with E-state index in [1.807, 2.05) is 39.8 Å². The summed E-state index contributed by atoms with van der Waals surface area (Å²) in [6.07, 6.45) is -0.0654. The van der Waals surface area contributed by atoms with Crippen molar-refractivity contribution < 1.29 is 28.9 Å². The van der Waals surface area contributed by atoms with Gasteiger partial charge in [0.2, 0.25) is 0 Å². The van der Waals surface area contributed by atoms with E-state index >= 15 is 0 Å². The number of carbonyl (C=O) groups is 2. The number of Topliss-reactive ketones (excluding diaryl/α,β-unsaturated/α-hetero) is 1. The molecule has 1 N–H and O–H groups in total. The number of ether oxygens (including phenoxy) is 3. The quantitative estimate of drug-likeness (QED) is 0.235. The third kappa shape index (κ3) is 5.45. The van der Waals surface area contributed by atoms with E-state index in [4.69, 9.17) is 14.2 Å². The number of ketones is 1. The van der Waals surface area contributed by atoms with Crippen molar-refractivity contribution in [1.82, 2.24) is 0 Å². The van der Waals surface area contributed by atoms with Gasteiger partial charge in [0.15, 0.2) is 0 Å². The first-order chi connectivity index (χ1) is 17.7. The van der Waals surface area contributed by atoms with Crippen molar-refractivity contribution in [3.8, 4) is 17.2 Å². The van der Waals surface area contributed by atoms with E-state index in [1.54, 1.807) is 67.8 Å². The van der Waals surface area contributed by atoms with Gasteiger partial charge in [-0.1, -0.05) is 12.1 Å². The lowest BCUT2D eigenvalue weighted by molar-refractivity contribution is -0.132. The fraction of sp³-hybridized carbons (Fsp3) is 0.267. The van der Waals surface area contributed by atoms with Crippen LogP contribution in [0.1, 0.15) is 44.9 Å². The topological polar surface area (TPSA) is 85.3 Å². The van der Waals surface area contributed by atoms with Crippen LogP contribution in [0.2, 0.25) is 0 Å². The number of aliphatic hydroxyl groups is 1. The molecule has 7 nitrogen and oxygen atoms in total. The average Bonchev–Trinajstić information content (AvgIpc) is 3.14. The molecular formula is C30H31NO6. The van der Waals surface area contributed by atoms with Crippen molar-refractivity contribution in [3.05, 3.63) is 89.5 Å². The first kappa shape index (κ1) is 25.8. The second kappa shape index (κ2) is 10.8. The molecule has 0 aromatic heterocycles. The minimum Gasteiger partial charge on any atom is -0.507 e. The molecule has 4 rings (SSSR count). The molecule has 1 saturated heterocycles. The maximum absolute atomic E-state index is 13.4. The molecule has 0 spiro atoms. The minimum atomic E-state index is -0.865. The third-order valence-corrected chi connectivity index (χ3v) is 5.84. The third-order valence-electron chi connectivity index (χ3n) is 5.84. The van der Waals surface area contributed by atoms with E-state index < -0.39 is 17.7 Å². The highest BCUT2D eigenvalue weighted by molar-refractivity contribution is 6.51. The van der Waals surface area contributed by atoms with Crippen LogP contribution >= 0.6 is 0 Å². The first-order valence-electron chi connectivity index (χ1n) is 12.2. The normalized spacial score (nSPS) is 16.9. The lowest BCUT2D eigenvalue weighted by atomic mass is 9.95. The maximum atomic E-state index is 13.4. The lowest BCUT2D eigenvalue weighted by Crippen LogP contribution is -2.29. The molecule has 37 heavy (non-hydrogen) atoms. The van der Waals surface area contributed by atoms with E-state index in [2.05, 4.69) is 0 Å². The summed E-state index contributed by atoms with van der Waals surface area (Å²) in [5.74, 6) is 0.101. The fourth-order valence-electron chi connectivity index (χ4n) is 4.31. The number of benzene rings is 3. The van der Waals surface area contributed by atoms with Crippen LogP contribution in [0.25, 0.3) is 5.76 Å². The second-order valence-electron chi connectivity index (χ2n) is 9.30. The van der Waals surface area contributed by atoms with E-state index in [1.165, 1.54) is 4.90 Å². The maximum Gasteiger partial charge on any atom is 0.300 e. The second-order valence-corrected chi connectivity index (χ2v) is 9.30. The highest BCUT2D eigenvalue weighted by Crippen LogP contribution is 2.43.